The zero-order valence-corrected chi connectivity index (χ0v) is 15.4. The van der Waals surface area contributed by atoms with Gasteiger partial charge in [-0.3, -0.25) is 14.0 Å². The molecule has 0 spiro atoms. The number of rotatable bonds is 3. The molecule has 0 aliphatic carbocycles. The van der Waals surface area contributed by atoms with Crippen molar-refractivity contribution in [2.75, 3.05) is 13.1 Å². The number of hydrogen-bond acceptors (Lipinski definition) is 4. The van der Waals surface area contributed by atoms with E-state index in [0.29, 0.717) is 17.9 Å². The Kier molecular flexibility index (Phi) is 4.11. The summed E-state index contributed by atoms with van der Waals surface area (Å²) < 4.78 is 4.35. The first-order valence-corrected chi connectivity index (χ1v) is 9.73. The fourth-order valence-corrected chi connectivity index (χ4v) is 4.51. The molecule has 132 valence electrons. The molecule has 0 N–H and O–H groups in total. The number of carbonyl (C=O) groups excluding carboxylic acids is 1. The Morgan fingerprint density at radius 2 is 2.24 bits per heavy atom. The minimum Gasteiger partial charge on any atom is -0.341 e. The minimum absolute atomic E-state index is 0.0130. The fourth-order valence-electron chi connectivity index (χ4n) is 3.70. The Balaban J connectivity index is 1.73. The van der Waals surface area contributed by atoms with Crippen LogP contribution < -0.4 is 5.56 Å². The van der Waals surface area contributed by atoms with Crippen molar-refractivity contribution in [3.05, 3.63) is 33.7 Å². The topological polar surface area (TPSA) is 59.6 Å². The maximum Gasteiger partial charge on any atom is 0.291 e. The van der Waals surface area contributed by atoms with Gasteiger partial charge < -0.3 is 4.90 Å². The normalized spacial score (nSPS) is 18.3. The van der Waals surface area contributed by atoms with Crippen molar-refractivity contribution in [1.29, 1.82) is 0 Å². The highest BCUT2D eigenvalue weighted by molar-refractivity contribution is 7.17. The van der Waals surface area contributed by atoms with Gasteiger partial charge in [0, 0.05) is 19.5 Å². The van der Waals surface area contributed by atoms with Crippen LogP contribution in [0.4, 0.5) is 0 Å². The molecule has 1 amide bonds. The average Bonchev–Trinajstić information content (AvgIpc) is 3.19. The molecule has 1 aliphatic heterocycles. The van der Waals surface area contributed by atoms with Crippen LogP contribution in [-0.2, 0) is 17.8 Å². The highest BCUT2D eigenvalue weighted by Gasteiger charge is 2.22. The molecule has 1 saturated heterocycles. The molecule has 6 nitrogen and oxygen atoms in total. The standard InChI is InChI=1S/C18H22N4O2S/c1-3-16-19-21(11-17(23)20-7-4-5-12(2)10-20)18(24)14-9-15-13(22(14)16)6-8-25-15/h6,8-9,12H,3-5,7,10-11H2,1-2H3/t12-/m0/s1. The first-order chi connectivity index (χ1) is 12.1. The van der Waals surface area contributed by atoms with Crippen LogP contribution in [0.1, 0.15) is 32.5 Å². The van der Waals surface area contributed by atoms with E-state index in [4.69, 9.17) is 0 Å². The Morgan fingerprint density at radius 1 is 1.40 bits per heavy atom. The van der Waals surface area contributed by atoms with E-state index < -0.39 is 0 Å². The zero-order valence-electron chi connectivity index (χ0n) is 14.6. The number of aromatic nitrogens is 3. The van der Waals surface area contributed by atoms with Crippen molar-refractivity contribution in [2.45, 2.75) is 39.7 Å². The molecular weight excluding hydrogens is 336 g/mol. The molecule has 4 heterocycles. The van der Waals surface area contributed by atoms with E-state index in [-0.39, 0.29) is 18.0 Å². The second-order valence-corrected chi connectivity index (χ2v) is 7.80. The number of hydrogen-bond donors (Lipinski definition) is 0. The van der Waals surface area contributed by atoms with E-state index >= 15 is 0 Å². The summed E-state index contributed by atoms with van der Waals surface area (Å²) in [5, 5.41) is 6.52. The SMILES string of the molecule is CCc1nn(CC(=O)N2CCC[C@H](C)C2)c(=O)c2cc3sccc3n12. The van der Waals surface area contributed by atoms with E-state index in [0.717, 1.165) is 42.0 Å². The number of fused-ring (bicyclic) bond motifs is 3. The van der Waals surface area contributed by atoms with E-state index in [9.17, 15) is 9.59 Å². The van der Waals surface area contributed by atoms with Gasteiger partial charge in [-0.05, 0) is 36.3 Å². The second-order valence-electron chi connectivity index (χ2n) is 6.85. The average molecular weight is 358 g/mol. The lowest BCUT2D eigenvalue weighted by atomic mass is 10.0. The monoisotopic (exact) mass is 358 g/mol. The van der Waals surface area contributed by atoms with Crippen molar-refractivity contribution >= 4 is 33.0 Å². The van der Waals surface area contributed by atoms with Gasteiger partial charge in [0.05, 0.1) is 10.2 Å². The quantitative estimate of drug-likeness (QED) is 0.723. The molecule has 7 heteroatoms. The van der Waals surface area contributed by atoms with Gasteiger partial charge in [0.2, 0.25) is 5.91 Å². The van der Waals surface area contributed by atoms with Crippen molar-refractivity contribution in [3.63, 3.8) is 0 Å². The Bertz CT molecular complexity index is 1000. The minimum atomic E-state index is -0.195. The summed E-state index contributed by atoms with van der Waals surface area (Å²) in [6.45, 7) is 5.76. The molecule has 4 rings (SSSR count). The van der Waals surface area contributed by atoms with Crippen molar-refractivity contribution in [1.82, 2.24) is 19.1 Å². The van der Waals surface area contributed by atoms with Crippen molar-refractivity contribution < 1.29 is 4.79 Å². The smallest absolute Gasteiger partial charge is 0.291 e. The molecule has 0 saturated carbocycles. The van der Waals surface area contributed by atoms with Gasteiger partial charge in [0.25, 0.3) is 5.56 Å². The second kappa shape index (κ2) is 6.29. The third-order valence-corrected chi connectivity index (χ3v) is 5.83. The number of likely N-dealkylation sites (tertiary alicyclic amines) is 1. The molecule has 0 radical (unpaired) electrons. The number of thiophene rings is 1. The van der Waals surface area contributed by atoms with Crippen LogP contribution in [0.5, 0.6) is 0 Å². The number of amides is 1. The number of nitrogens with zero attached hydrogens (tertiary/aromatic N) is 4. The summed E-state index contributed by atoms with van der Waals surface area (Å²) in [6, 6.07) is 3.92. The molecule has 0 aromatic carbocycles. The van der Waals surface area contributed by atoms with Crippen LogP contribution >= 0.6 is 11.3 Å². The number of carbonyl (C=O) groups is 1. The summed E-state index contributed by atoms with van der Waals surface area (Å²) in [4.78, 5) is 27.4. The van der Waals surface area contributed by atoms with Crippen LogP contribution in [0.15, 0.2) is 22.3 Å². The Hall–Kier alpha value is -2.15. The molecule has 1 aliphatic rings. The Morgan fingerprint density at radius 3 is 3.00 bits per heavy atom. The van der Waals surface area contributed by atoms with Crippen molar-refractivity contribution in [2.24, 2.45) is 5.92 Å². The highest BCUT2D eigenvalue weighted by Crippen LogP contribution is 2.24. The van der Waals surface area contributed by atoms with Gasteiger partial charge in [-0.15, -0.1) is 11.3 Å². The van der Waals surface area contributed by atoms with Gasteiger partial charge in [0.15, 0.2) is 0 Å². The Labute approximate surface area is 149 Å². The summed E-state index contributed by atoms with van der Waals surface area (Å²) >= 11 is 1.61. The maximum atomic E-state index is 12.9. The zero-order chi connectivity index (χ0) is 17.6. The van der Waals surface area contributed by atoms with Gasteiger partial charge in [-0.25, -0.2) is 4.68 Å². The summed E-state index contributed by atoms with van der Waals surface area (Å²) in [6.07, 6.45) is 2.89. The van der Waals surface area contributed by atoms with Crippen LogP contribution in [0.25, 0.3) is 15.7 Å². The predicted molar refractivity (Wildman–Crippen MR) is 99.2 cm³/mol. The molecule has 3 aromatic heterocycles. The largest absolute Gasteiger partial charge is 0.341 e. The molecule has 0 bridgehead atoms. The van der Waals surface area contributed by atoms with E-state index in [1.54, 1.807) is 11.3 Å². The third-order valence-electron chi connectivity index (χ3n) is 4.98. The first-order valence-electron chi connectivity index (χ1n) is 8.85. The summed E-state index contributed by atoms with van der Waals surface area (Å²) in [5.74, 6) is 1.32. The van der Waals surface area contributed by atoms with Gasteiger partial charge in [-0.1, -0.05) is 13.8 Å². The van der Waals surface area contributed by atoms with Crippen LogP contribution in [0.2, 0.25) is 0 Å². The molecule has 1 atom stereocenters. The molecule has 1 fully saturated rings. The van der Waals surface area contributed by atoms with Crippen LogP contribution in [0, 0.1) is 5.92 Å². The van der Waals surface area contributed by atoms with Crippen LogP contribution in [0.3, 0.4) is 0 Å². The molecule has 0 unspecified atom stereocenters. The lowest BCUT2D eigenvalue weighted by molar-refractivity contribution is -0.133. The van der Waals surface area contributed by atoms with E-state index in [2.05, 4.69) is 12.0 Å². The molecular formula is C18H22N4O2S. The van der Waals surface area contributed by atoms with Gasteiger partial charge in [0.1, 0.15) is 17.9 Å². The summed E-state index contributed by atoms with van der Waals surface area (Å²) in [7, 11) is 0. The highest BCUT2D eigenvalue weighted by atomic mass is 32.1. The van der Waals surface area contributed by atoms with Crippen LogP contribution in [-0.4, -0.2) is 38.1 Å². The predicted octanol–water partition coefficient (Wildman–Crippen LogP) is 2.53. The lowest BCUT2D eigenvalue weighted by Gasteiger charge is -2.31. The first kappa shape index (κ1) is 16.3. The third kappa shape index (κ3) is 2.76. The molecule has 3 aromatic rings. The van der Waals surface area contributed by atoms with E-state index in [1.807, 2.05) is 33.7 Å². The maximum absolute atomic E-state index is 12.9. The van der Waals surface area contributed by atoms with E-state index in [1.165, 1.54) is 4.68 Å². The summed E-state index contributed by atoms with van der Waals surface area (Å²) in [5.41, 5.74) is 1.43. The van der Waals surface area contributed by atoms with Crippen molar-refractivity contribution in [3.8, 4) is 0 Å². The fraction of sp³-hybridized carbons (Fsp3) is 0.500. The van der Waals surface area contributed by atoms with Gasteiger partial charge >= 0.3 is 0 Å². The molecule has 25 heavy (non-hydrogen) atoms. The number of aryl methyl sites for hydroxylation is 1. The van der Waals surface area contributed by atoms with Gasteiger partial charge in [-0.2, -0.15) is 5.10 Å². The lowest BCUT2D eigenvalue weighted by Crippen LogP contribution is -2.43. The number of piperidine rings is 1.